The summed E-state index contributed by atoms with van der Waals surface area (Å²) in [4.78, 5) is 0. The van der Waals surface area contributed by atoms with Crippen LogP contribution in [0.2, 0.25) is 0 Å². The van der Waals surface area contributed by atoms with Gasteiger partial charge >= 0.3 is 0 Å². The Bertz CT molecular complexity index is 610. The van der Waals surface area contributed by atoms with E-state index >= 15 is 0 Å². The van der Waals surface area contributed by atoms with Crippen LogP contribution in [-0.4, -0.2) is 21.5 Å². The first-order chi connectivity index (χ1) is 9.56. The van der Waals surface area contributed by atoms with E-state index in [1.54, 1.807) is 0 Å². The Morgan fingerprint density at radius 3 is 2.80 bits per heavy atom. The normalized spacial score (nSPS) is 28.7. The number of rotatable bonds is 2. The van der Waals surface area contributed by atoms with Crippen LogP contribution in [0.5, 0.6) is 0 Å². The smallest absolute Gasteiger partial charge is 0.137 e. The van der Waals surface area contributed by atoms with Gasteiger partial charge in [0, 0.05) is 26.9 Å². The summed E-state index contributed by atoms with van der Waals surface area (Å²) in [5, 5.41) is 2.95. The summed E-state index contributed by atoms with van der Waals surface area (Å²) in [5.74, 6) is 2.03. The van der Waals surface area contributed by atoms with Gasteiger partial charge in [0.1, 0.15) is 11.3 Å². The van der Waals surface area contributed by atoms with Gasteiger partial charge in [-0.3, -0.25) is 0 Å². The molecule has 4 heteroatoms. The quantitative estimate of drug-likeness (QED) is 0.894. The molecule has 1 aromatic heterocycles. The lowest BCUT2D eigenvalue weighted by Crippen LogP contribution is -2.33. The van der Waals surface area contributed by atoms with Crippen LogP contribution < -0.4 is 5.73 Å². The summed E-state index contributed by atoms with van der Waals surface area (Å²) >= 11 is 4.03. The van der Waals surface area contributed by atoms with Crippen LogP contribution in [0.15, 0.2) is 28.7 Å². The zero-order chi connectivity index (χ0) is 14.3. The highest BCUT2D eigenvalue weighted by Gasteiger charge is 2.31. The Kier molecular flexibility index (Phi) is 4.07. The number of hydrogen-bond donors (Lipinski definition) is 1. The third-order valence-electron chi connectivity index (χ3n) is 4.06. The molecule has 0 spiro atoms. The fraction of sp³-hybridized carbons (Fsp3) is 0.500. The molecule has 2 aromatic rings. The topological polar surface area (TPSA) is 39.2 Å². The van der Waals surface area contributed by atoms with Crippen molar-refractivity contribution in [3.63, 3.8) is 0 Å². The maximum atomic E-state index is 6.46. The Labute approximate surface area is 128 Å². The van der Waals surface area contributed by atoms with Gasteiger partial charge in [0.2, 0.25) is 0 Å². The minimum absolute atomic E-state index is 0.0192. The average Bonchev–Trinajstić information content (AvgIpc) is 2.86. The van der Waals surface area contributed by atoms with E-state index in [1.807, 2.05) is 23.5 Å². The molecule has 0 saturated carbocycles. The lowest BCUT2D eigenvalue weighted by atomic mass is 10.1. The van der Waals surface area contributed by atoms with Gasteiger partial charge in [-0.25, -0.2) is 0 Å². The third kappa shape index (κ3) is 2.61. The SMILES string of the molecule is Cc1cccc2cc(C(N)C3CSC(C)C(C)S3)oc12. The van der Waals surface area contributed by atoms with Gasteiger partial charge in [0.15, 0.2) is 0 Å². The molecule has 2 nitrogen and oxygen atoms in total. The molecule has 4 unspecified atom stereocenters. The second kappa shape index (κ2) is 5.66. The molecule has 0 bridgehead atoms. The summed E-state index contributed by atoms with van der Waals surface area (Å²) in [6.45, 7) is 6.68. The molecule has 1 aliphatic heterocycles. The van der Waals surface area contributed by atoms with Crippen molar-refractivity contribution in [3.8, 4) is 0 Å². The fourth-order valence-corrected chi connectivity index (χ4v) is 5.60. The molecule has 1 saturated heterocycles. The number of para-hydroxylation sites is 1. The van der Waals surface area contributed by atoms with Crippen molar-refractivity contribution in [1.82, 2.24) is 0 Å². The second-order valence-corrected chi connectivity index (χ2v) is 8.62. The van der Waals surface area contributed by atoms with Crippen LogP contribution in [-0.2, 0) is 0 Å². The number of thioether (sulfide) groups is 2. The first-order valence-corrected chi connectivity index (χ1v) is 9.07. The molecule has 4 atom stereocenters. The number of fused-ring (bicyclic) bond motifs is 1. The first-order valence-electron chi connectivity index (χ1n) is 7.08. The molecule has 3 rings (SSSR count). The zero-order valence-electron chi connectivity index (χ0n) is 12.1. The molecular formula is C16H21NOS2. The van der Waals surface area contributed by atoms with Crippen molar-refractivity contribution in [2.75, 3.05) is 5.75 Å². The van der Waals surface area contributed by atoms with Crippen LogP contribution in [0.3, 0.4) is 0 Å². The summed E-state index contributed by atoms with van der Waals surface area (Å²) in [5.41, 5.74) is 8.62. The lowest BCUT2D eigenvalue weighted by Gasteiger charge is -2.33. The van der Waals surface area contributed by atoms with Crippen LogP contribution >= 0.6 is 23.5 Å². The highest BCUT2D eigenvalue weighted by molar-refractivity contribution is 8.07. The molecule has 1 fully saturated rings. The monoisotopic (exact) mass is 307 g/mol. The summed E-state index contributed by atoms with van der Waals surface area (Å²) < 4.78 is 6.03. The van der Waals surface area contributed by atoms with E-state index in [-0.39, 0.29) is 6.04 Å². The summed E-state index contributed by atoms with van der Waals surface area (Å²) in [7, 11) is 0. The molecular weight excluding hydrogens is 286 g/mol. The van der Waals surface area contributed by atoms with E-state index in [2.05, 4.69) is 45.0 Å². The van der Waals surface area contributed by atoms with Gasteiger partial charge in [-0.05, 0) is 18.6 Å². The number of benzene rings is 1. The van der Waals surface area contributed by atoms with E-state index in [0.29, 0.717) is 15.7 Å². The molecule has 2 heterocycles. The first kappa shape index (κ1) is 14.4. The molecule has 0 aliphatic carbocycles. The molecule has 0 radical (unpaired) electrons. The molecule has 1 aromatic carbocycles. The maximum absolute atomic E-state index is 6.46. The van der Waals surface area contributed by atoms with Crippen LogP contribution in [0.1, 0.15) is 31.2 Å². The van der Waals surface area contributed by atoms with Crippen molar-refractivity contribution in [2.24, 2.45) is 5.73 Å². The lowest BCUT2D eigenvalue weighted by molar-refractivity contribution is 0.492. The van der Waals surface area contributed by atoms with E-state index in [1.165, 1.54) is 5.56 Å². The number of hydrogen-bond acceptors (Lipinski definition) is 4. The van der Waals surface area contributed by atoms with Gasteiger partial charge in [-0.1, -0.05) is 32.0 Å². The Balaban J connectivity index is 1.85. The summed E-state index contributed by atoms with van der Waals surface area (Å²) in [6, 6.07) is 8.33. The van der Waals surface area contributed by atoms with Crippen molar-refractivity contribution < 1.29 is 4.42 Å². The van der Waals surface area contributed by atoms with Gasteiger partial charge < -0.3 is 10.2 Å². The molecule has 1 aliphatic rings. The van der Waals surface area contributed by atoms with Crippen molar-refractivity contribution in [1.29, 1.82) is 0 Å². The number of nitrogens with two attached hydrogens (primary N) is 1. The van der Waals surface area contributed by atoms with Crippen molar-refractivity contribution >= 4 is 34.5 Å². The Hall–Kier alpha value is -0.580. The van der Waals surface area contributed by atoms with Crippen LogP contribution in [0.25, 0.3) is 11.0 Å². The van der Waals surface area contributed by atoms with Gasteiger partial charge in [0.25, 0.3) is 0 Å². The zero-order valence-corrected chi connectivity index (χ0v) is 13.8. The van der Waals surface area contributed by atoms with Crippen molar-refractivity contribution in [2.45, 2.75) is 42.6 Å². The largest absolute Gasteiger partial charge is 0.459 e. The highest BCUT2D eigenvalue weighted by Crippen LogP contribution is 2.41. The van der Waals surface area contributed by atoms with E-state index in [9.17, 15) is 0 Å². The van der Waals surface area contributed by atoms with Gasteiger partial charge in [-0.15, -0.1) is 0 Å². The van der Waals surface area contributed by atoms with Gasteiger partial charge in [0.05, 0.1) is 6.04 Å². The molecule has 0 amide bonds. The molecule has 20 heavy (non-hydrogen) atoms. The van der Waals surface area contributed by atoms with Crippen LogP contribution in [0.4, 0.5) is 0 Å². The Morgan fingerprint density at radius 1 is 1.30 bits per heavy atom. The maximum Gasteiger partial charge on any atom is 0.137 e. The number of furan rings is 1. The standard InChI is InChI=1S/C16H21NOS2/c1-9-5-4-6-12-7-13(18-16(9)12)15(17)14-8-19-10(2)11(3)20-14/h4-7,10-11,14-15H,8,17H2,1-3H3. The van der Waals surface area contributed by atoms with E-state index in [4.69, 9.17) is 10.2 Å². The van der Waals surface area contributed by atoms with Crippen LogP contribution in [0, 0.1) is 6.92 Å². The minimum atomic E-state index is -0.0192. The predicted octanol–water partition coefficient (Wildman–Crippen LogP) is 4.37. The number of aryl methyl sites for hydroxylation is 1. The summed E-state index contributed by atoms with van der Waals surface area (Å²) in [6.07, 6.45) is 0. The highest BCUT2D eigenvalue weighted by atomic mass is 32.2. The third-order valence-corrected chi connectivity index (χ3v) is 7.58. The van der Waals surface area contributed by atoms with E-state index < -0.39 is 0 Å². The molecule has 2 N–H and O–H groups in total. The van der Waals surface area contributed by atoms with E-state index in [0.717, 1.165) is 22.5 Å². The van der Waals surface area contributed by atoms with Crippen molar-refractivity contribution in [3.05, 3.63) is 35.6 Å². The Morgan fingerprint density at radius 2 is 2.10 bits per heavy atom. The fourth-order valence-electron chi connectivity index (χ4n) is 2.57. The molecule has 108 valence electrons. The second-order valence-electron chi connectivity index (χ2n) is 5.59. The average molecular weight is 307 g/mol. The minimum Gasteiger partial charge on any atom is -0.459 e. The van der Waals surface area contributed by atoms with Gasteiger partial charge in [-0.2, -0.15) is 23.5 Å². The predicted molar refractivity (Wildman–Crippen MR) is 90.6 cm³/mol.